The van der Waals surface area contributed by atoms with E-state index < -0.39 is 0 Å². The third-order valence-corrected chi connectivity index (χ3v) is 4.08. The Balaban J connectivity index is 1.66. The largest absolute Gasteiger partial charge is 0.379 e. The number of benzene rings is 1. The number of carbonyl (C=O) groups is 1. The molecule has 1 aliphatic rings. The smallest absolute Gasteiger partial charge is 0.241 e. The molecule has 0 spiro atoms. The molecule has 3 rings (SSSR count). The lowest BCUT2D eigenvalue weighted by molar-refractivity contribution is -0.122. The highest BCUT2D eigenvalue weighted by Gasteiger charge is 2.23. The van der Waals surface area contributed by atoms with E-state index in [1.54, 1.807) is 29.2 Å². The third-order valence-electron chi connectivity index (χ3n) is 4.08. The first-order chi connectivity index (χ1) is 11.7. The first-order valence-corrected chi connectivity index (χ1v) is 8.04. The highest BCUT2D eigenvalue weighted by molar-refractivity contribution is 5.75. The SMILES string of the molecule is O=C(Cn1cccn1)NCC(c1cccc(F)c1)N1CCOCC1. The van der Waals surface area contributed by atoms with Gasteiger partial charge in [-0.15, -0.1) is 0 Å². The number of morpholine rings is 1. The minimum atomic E-state index is -0.270. The van der Waals surface area contributed by atoms with Gasteiger partial charge in [0.2, 0.25) is 5.91 Å². The normalized spacial score (nSPS) is 16.7. The van der Waals surface area contributed by atoms with Gasteiger partial charge in [0.1, 0.15) is 12.4 Å². The van der Waals surface area contributed by atoms with E-state index in [0.29, 0.717) is 19.8 Å². The van der Waals surface area contributed by atoms with Gasteiger partial charge in [-0.25, -0.2) is 4.39 Å². The molecule has 0 saturated carbocycles. The molecule has 1 atom stereocenters. The molecule has 1 aliphatic heterocycles. The predicted molar refractivity (Wildman–Crippen MR) is 86.8 cm³/mol. The Hall–Kier alpha value is -2.25. The average Bonchev–Trinajstić information content (AvgIpc) is 3.09. The molecule has 7 heteroatoms. The Kier molecular flexibility index (Phi) is 5.55. The van der Waals surface area contributed by atoms with Crippen molar-refractivity contribution in [3.05, 3.63) is 54.1 Å². The summed E-state index contributed by atoms with van der Waals surface area (Å²) in [5.74, 6) is -0.387. The van der Waals surface area contributed by atoms with E-state index >= 15 is 0 Å². The van der Waals surface area contributed by atoms with Crippen LogP contribution in [-0.2, 0) is 16.1 Å². The van der Waals surface area contributed by atoms with Crippen LogP contribution in [0.2, 0.25) is 0 Å². The molecular formula is C17H21FN4O2. The fourth-order valence-corrected chi connectivity index (χ4v) is 2.87. The van der Waals surface area contributed by atoms with Gasteiger partial charge < -0.3 is 10.1 Å². The molecule has 1 N–H and O–H groups in total. The topological polar surface area (TPSA) is 59.4 Å². The maximum absolute atomic E-state index is 13.6. The summed E-state index contributed by atoms with van der Waals surface area (Å²) in [5.41, 5.74) is 0.858. The van der Waals surface area contributed by atoms with Gasteiger partial charge in [0, 0.05) is 32.0 Å². The fourth-order valence-electron chi connectivity index (χ4n) is 2.87. The Morgan fingerprint density at radius 3 is 2.88 bits per heavy atom. The van der Waals surface area contributed by atoms with Crippen LogP contribution in [0.25, 0.3) is 0 Å². The third kappa shape index (κ3) is 4.39. The molecule has 0 radical (unpaired) electrons. The van der Waals surface area contributed by atoms with E-state index in [9.17, 15) is 9.18 Å². The second-order valence-electron chi connectivity index (χ2n) is 5.73. The van der Waals surface area contributed by atoms with E-state index in [2.05, 4.69) is 15.3 Å². The quantitative estimate of drug-likeness (QED) is 0.864. The van der Waals surface area contributed by atoms with Crippen LogP contribution in [0.1, 0.15) is 11.6 Å². The zero-order valence-electron chi connectivity index (χ0n) is 13.4. The van der Waals surface area contributed by atoms with E-state index in [1.807, 2.05) is 6.07 Å². The van der Waals surface area contributed by atoms with Gasteiger partial charge in [0.15, 0.2) is 0 Å². The molecule has 1 unspecified atom stereocenters. The van der Waals surface area contributed by atoms with Gasteiger partial charge in [-0.05, 0) is 23.8 Å². The number of amides is 1. The number of carbonyl (C=O) groups excluding carboxylic acids is 1. The summed E-state index contributed by atoms with van der Waals surface area (Å²) < 4.78 is 20.6. The molecule has 0 aliphatic carbocycles. The fraction of sp³-hybridized carbons (Fsp3) is 0.412. The molecule has 24 heavy (non-hydrogen) atoms. The number of hydrogen-bond donors (Lipinski definition) is 1. The molecule has 1 fully saturated rings. The van der Waals surface area contributed by atoms with Crippen molar-refractivity contribution in [2.75, 3.05) is 32.8 Å². The van der Waals surface area contributed by atoms with E-state index in [-0.39, 0.29) is 24.3 Å². The van der Waals surface area contributed by atoms with Crippen molar-refractivity contribution in [1.29, 1.82) is 0 Å². The van der Waals surface area contributed by atoms with Crippen LogP contribution in [0, 0.1) is 5.82 Å². The number of nitrogens with zero attached hydrogens (tertiary/aromatic N) is 3. The minimum Gasteiger partial charge on any atom is -0.379 e. The molecule has 2 aromatic rings. The van der Waals surface area contributed by atoms with Crippen LogP contribution in [0.5, 0.6) is 0 Å². The number of halogens is 1. The monoisotopic (exact) mass is 332 g/mol. The first-order valence-electron chi connectivity index (χ1n) is 8.04. The molecule has 1 amide bonds. The van der Waals surface area contributed by atoms with Crippen molar-refractivity contribution in [3.8, 4) is 0 Å². The van der Waals surface area contributed by atoms with E-state index in [0.717, 1.165) is 18.7 Å². The van der Waals surface area contributed by atoms with Gasteiger partial charge in [-0.1, -0.05) is 12.1 Å². The lowest BCUT2D eigenvalue weighted by Gasteiger charge is -2.35. The maximum atomic E-state index is 13.6. The number of aromatic nitrogens is 2. The summed E-state index contributed by atoms with van der Waals surface area (Å²) in [6.45, 7) is 3.40. The van der Waals surface area contributed by atoms with E-state index in [1.165, 1.54) is 12.1 Å². The second kappa shape index (κ2) is 8.03. The highest BCUT2D eigenvalue weighted by atomic mass is 19.1. The zero-order valence-corrected chi connectivity index (χ0v) is 13.4. The second-order valence-corrected chi connectivity index (χ2v) is 5.73. The summed E-state index contributed by atoms with van der Waals surface area (Å²) in [7, 11) is 0. The standard InChI is InChI=1S/C17H21FN4O2/c18-15-4-1-3-14(11-15)16(21-7-9-24-10-8-21)12-19-17(23)13-22-6-2-5-20-22/h1-6,11,16H,7-10,12-13H2,(H,19,23). The number of hydrogen-bond acceptors (Lipinski definition) is 4. The molecular weight excluding hydrogens is 311 g/mol. The molecule has 2 heterocycles. The van der Waals surface area contributed by atoms with E-state index in [4.69, 9.17) is 4.74 Å². The Labute approximate surface area is 140 Å². The van der Waals surface area contributed by atoms with Crippen molar-refractivity contribution in [2.24, 2.45) is 0 Å². The van der Waals surface area contributed by atoms with Crippen LogP contribution in [0.15, 0.2) is 42.7 Å². The zero-order chi connectivity index (χ0) is 16.8. The first kappa shape index (κ1) is 16.6. The van der Waals surface area contributed by atoms with Gasteiger partial charge in [-0.3, -0.25) is 14.4 Å². The predicted octanol–water partition coefficient (Wildman–Crippen LogP) is 1.21. The molecule has 6 nitrogen and oxygen atoms in total. The van der Waals surface area contributed by atoms with Crippen molar-refractivity contribution < 1.29 is 13.9 Å². The van der Waals surface area contributed by atoms with Crippen molar-refractivity contribution in [3.63, 3.8) is 0 Å². The molecule has 1 aromatic heterocycles. The molecule has 0 bridgehead atoms. The molecule has 128 valence electrons. The highest BCUT2D eigenvalue weighted by Crippen LogP contribution is 2.22. The van der Waals surface area contributed by atoms with Gasteiger partial charge in [0.05, 0.1) is 19.3 Å². The van der Waals surface area contributed by atoms with Crippen molar-refractivity contribution in [1.82, 2.24) is 20.0 Å². The van der Waals surface area contributed by atoms with Crippen LogP contribution in [0.3, 0.4) is 0 Å². The van der Waals surface area contributed by atoms with Crippen molar-refractivity contribution in [2.45, 2.75) is 12.6 Å². The van der Waals surface area contributed by atoms with Gasteiger partial charge in [-0.2, -0.15) is 5.10 Å². The summed E-state index contributed by atoms with van der Waals surface area (Å²) in [6, 6.07) is 8.24. The van der Waals surface area contributed by atoms with Crippen molar-refractivity contribution >= 4 is 5.91 Å². The van der Waals surface area contributed by atoms with Crippen LogP contribution in [-0.4, -0.2) is 53.4 Å². The summed E-state index contributed by atoms with van der Waals surface area (Å²) >= 11 is 0. The summed E-state index contributed by atoms with van der Waals surface area (Å²) in [4.78, 5) is 14.3. The Bertz CT molecular complexity index is 656. The summed E-state index contributed by atoms with van der Waals surface area (Å²) in [5, 5.41) is 6.95. The van der Waals surface area contributed by atoms with Crippen LogP contribution in [0.4, 0.5) is 4.39 Å². The lowest BCUT2D eigenvalue weighted by atomic mass is 10.0. The number of nitrogens with one attached hydrogen (secondary N) is 1. The average molecular weight is 332 g/mol. The Morgan fingerprint density at radius 2 is 2.17 bits per heavy atom. The number of ether oxygens (including phenoxy) is 1. The minimum absolute atomic E-state index is 0.0776. The number of rotatable bonds is 6. The Morgan fingerprint density at radius 1 is 1.33 bits per heavy atom. The maximum Gasteiger partial charge on any atom is 0.241 e. The molecule has 1 aromatic carbocycles. The van der Waals surface area contributed by atoms with Gasteiger partial charge in [0.25, 0.3) is 0 Å². The van der Waals surface area contributed by atoms with Crippen LogP contribution >= 0.6 is 0 Å². The summed E-state index contributed by atoms with van der Waals surface area (Å²) in [6.07, 6.45) is 3.38. The van der Waals surface area contributed by atoms with Gasteiger partial charge >= 0.3 is 0 Å². The lowest BCUT2D eigenvalue weighted by Crippen LogP contribution is -2.44. The molecule has 1 saturated heterocycles. The van der Waals surface area contributed by atoms with Crippen LogP contribution < -0.4 is 5.32 Å².